The molecule has 0 spiro atoms. The van der Waals surface area contributed by atoms with Crippen molar-refractivity contribution in [1.82, 2.24) is 0 Å². The Bertz CT molecular complexity index is 1930. The zero-order chi connectivity index (χ0) is 26.7. The Hall–Kier alpha value is -4.63. The van der Waals surface area contributed by atoms with Gasteiger partial charge in [-0.3, -0.25) is 0 Å². The van der Waals surface area contributed by atoms with Crippen LogP contribution in [0.2, 0.25) is 0 Å². The van der Waals surface area contributed by atoms with E-state index in [1.807, 2.05) is 54.6 Å². The lowest BCUT2D eigenvalue weighted by molar-refractivity contribution is -0.137. The fraction of sp³-hybridized carbons (Fsp3) is 0.0556. The third kappa shape index (κ3) is 3.85. The zero-order valence-electron chi connectivity index (χ0n) is 21.2. The van der Waals surface area contributed by atoms with E-state index in [1.165, 1.54) is 12.1 Å². The second kappa shape index (κ2) is 8.71. The van der Waals surface area contributed by atoms with E-state index in [2.05, 4.69) is 54.6 Å². The van der Waals surface area contributed by atoms with Crippen molar-refractivity contribution >= 4 is 32.3 Å². The first-order chi connectivity index (χ1) is 18.9. The molecule has 7 rings (SSSR count). The maximum atomic E-state index is 13.7. The molecule has 0 bridgehead atoms. The Morgan fingerprint density at radius 3 is 1.59 bits per heavy atom. The molecule has 0 heterocycles. The summed E-state index contributed by atoms with van der Waals surface area (Å²) in [4.78, 5) is 0. The third-order valence-electron chi connectivity index (χ3n) is 7.67. The normalized spacial score (nSPS) is 12.1. The summed E-state index contributed by atoms with van der Waals surface area (Å²) < 4.78 is 41.1. The number of hydrogen-bond acceptors (Lipinski definition) is 0. The highest BCUT2D eigenvalue weighted by Gasteiger charge is 2.31. The lowest BCUT2D eigenvalue weighted by Gasteiger charge is -2.20. The highest BCUT2D eigenvalue weighted by atomic mass is 19.4. The van der Waals surface area contributed by atoms with Gasteiger partial charge in [-0.05, 0) is 96.4 Å². The van der Waals surface area contributed by atoms with E-state index >= 15 is 0 Å². The quantitative estimate of drug-likeness (QED) is 0.207. The van der Waals surface area contributed by atoms with Crippen molar-refractivity contribution in [3.8, 4) is 33.4 Å². The highest BCUT2D eigenvalue weighted by molar-refractivity contribution is 6.29. The molecule has 0 aromatic heterocycles. The summed E-state index contributed by atoms with van der Waals surface area (Å²) in [5.41, 5.74) is 5.87. The Morgan fingerprint density at radius 2 is 1.00 bits per heavy atom. The molecule has 0 radical (unpaired) electrons. The van der Waals surface area contributed by atoms with E-state index < -0.39 is 11.7 Å². The number of aryl methyl sites for hydroxylation is 1. The molecule has 188 valence electrons. The lowest BCUT2D eigenvalue weighted by Crippen LogP contribution is -2.05. The van der Waals surface area contributed by atoms with Gasteiger partial charge in [0.25, 0.3) is 0 Å². The second-order valence-electron chi connectivity index (χ2n) is 10.1. The second-order valence-corrected chi connectivity index (χ2v) is 10.1. The summed E-state index contributed by atoms with van der Waals surface area (Å²) in [7, 11) is 0. The summed E-state index contributed by atoms with van der Waals surface area (Å²) >= 11 is 0. The highest BCUT2D eigenvalue weighted by Crippen LogP contribution is 2.46. The van der Waals surface area contributed by atoms with Crippen molar-refractivity contribution in [2.75, 3.05) is 0 Å². The molecule has 7 aromatic carbocycles. The molecule has 7 aromatic rings. The molecule has 0 aliphatic rings. The summed E-state index contributed by atoms with van der Waals surface area (Å²) in [5, 5.41) is 6.49. The van der Waals surface area contributed by atoms with Crippen LogP contribution in [0.5, 0.6) is 0 Å². The smallest absolute Gasteiger partial charge is 0.166 e. The van der Waals surface area contributed by atoms with Gasteiger partial charge in [0.15, 0.2) is 0 Å². The van der Waals surface area contributed by atoms with Crippen molar-refractivity contribution in [2.45, 2.75) is 13.1 Å². The van der Waals surface area contributed by atoms with Crippen LogP contribution in [-0.4, -0.2) is 0 Å². The molecule has 0 fully saturated rings. The average molecular weight is 513 g/mol. The van der Waals surface area contributed by atoms with E-state index in [1.54, 1.807) is 6.92 Å². The van der Waals surface area contributed by atoms with Crippen LogP contribution in [0.15, 0.2) is 121 Å². The topological polar surface area (TPSA) is 0 Å². The SMILES string of the molecule is Cc1cc(-c2ccc3ccc4c(-c5ccccc5)cc(-c5ccccc5)c5ccc2c3c45)cc(C(F)(F)F)c1. The Morgan fingerprint density at radius 1 is 0.462 bits per heavy atom. The minimum absolute atomic E-state index is 0.576. The summed E-state index contributed by atoms with van der Waals surface area (Å²) in [6.07, 6.45) is -4.40. The van der Waals surface area contributed by atoms with E-state index in [0.29, 0.717) is 11.1 Å². The van der Waals surface area contributed by atoms with Crippen LogP contribution in [-0.2, 0) is 6.18 Å². The molecular weight excluding hydrogens is 489 g/mol. The van der Waals surface area contributed by atoms with Crippen molar-refractivity contribution in [3.63, 3.8) is 0 Å². The van der Waals surface area contributed by atoms with E-state index in [-0.39, 0.29) is 0 Å². The van der Waals surface area contributed by atoms with Gasteiger partial charge in [0.05, 0.1) is 5.56 Å². The number of halogens is 3. The molecule has 0 saturated carbocycles. The van der Waals surface area contributed by atoms with Crippen molar-refractivity contribution < 1.29 is 13.2 Å². The molecule has 0 aliphatic heterocycles. The minimum atomic E-state index is -4.40. The molecule has 0 N–H and O–H groups in total. The Labute approximate surface area is 224 Å². The summed E-state index contributed by atoms with van der Waals surface area (Å²) in [5.74, 6) is 0. The zero-order valence-corrected chi connectivity index (χ0v) is 21.2. The van der Waals surface area contributed by atoms with Crippen LogP contribution in [0.1, 0.15) is 11.1 Å². The maximum Gasteiger partial charge on any atom is 0.416 e. The van der Waals surface area contributed by atoms with Crippen molar-refractivity contribution in [2.24, 2.45) is 0 Å². The monoisotopic (exact) mass is 512 g/mol. The molecule has 0 amide bonds. The van der Waals surface area contributed by atoms with E-state index in [4.69, 9.17) is 0 Å². The number of benzene rings is 7. The van der Waals surface area contributed by atoms with E-state index in [0.717, 1.165) is 60.1 Å². The predicted octanol–water partition coefficient (Wildman–Crippen LogP) is 10.9. The minimum Gasteiger partial charge on any atom is -0.166 e. The van der Waals surface area contributed by atoms with Gasteiger partial charge in [-0.15, -0.1) is 0 Å². The van der Waals surface area contributed by atoms with Crippen LogP contribution in [0.4, 0.5) is 13.2 Å². The average Bonchev–Trinajstić information content (AvgIpc) is 2.95. The molecule has 0 unspecified atom stereocenters. The van der Waals surface area contributed by atoms with Gasteiger partial charge in [0.2, 0.25) is 0 Å². The predicted molar refractivity (Wildman–Crippen MR) is 156 cm³/mol. The fourth-order valence-electron chi connectivity index (χ4n) is 5.96. The first-order valence-electron chi connectivity index (χ1n) is 12.9. The Kier molecular flexibility index (Phi) is 5.24. The Balaban J connectivity index is 1.61. The van der Waals surface area contributed by atoms with E-state index in [9.17, 15) is 13.2 Å². The molecule has 0 aliphatic carbocycles. The number of alkyl halides is 3. The third-order valence-corrected chi connectivity index (χ3v) is 7.67. The molecule has 0 atom stereocenters. The van der Waals surface area contributed by atoms with Crippen molar-refractivity contribution in [1.29, 1.82) is 0 Å². The van der Waals surface area contributed by atoms with Crippen LogP contribution >= 0.6 is 0 Å². The van der Waals surface area contributed by atoms with Gasteiger partial charge in [-0.25, -0.2) is 0 Å². The molecular formula is C36H23F3. The largest absolute Gasteiger partial charge is 0.416 e. The van der Waals surface area contributed by atoms with Crippen LogP contribution in [0.25, 0.3) is 65.7 Å². The molecule has 39 heavy (non-hydrogen) atoms. The van der Waals surface area contributed by atoms with Crippen molar-refractivity contribution in [3.05, 3.63) is 132 Å². The van der Waals surface area contributed by atoms with Gasteiger partial charge in [-0.1, -0.05) is 103 Å². The van der Waals surface area contributed by atoms with Gasteiger partial charge in [-0.2, -0.15) is 13.2 Å². The fourth-order valence-corrected chi connectivity index (χ4v) is 5.96. The molecule has 0 saturated heterocycles. The first kappa shape index (κ1) is 23.5. The number of hydrogen-bond donors (Lipinski definition) is 0. The lowest BCUT2D eigenvalue weighted by atomic mass is 9.84. The van der Waals surface area contributed by atoms with Gasteiger partial charge in [0.1, 0.15) is 0 Å². The van der Waals surface area contributed by atoms with Gasteiger partial charge >= 0.3 is 6.18 Å². The standard InChI is InChI=1S/C36H23F3/c1-22-18-26(20-27(19-22)36(37,38)39)28-14-12-25-13-15-30-32(23-8-4-2-5-9-23)21-33(24-10-6-3-7-11-24)31-17-16-29(28)34(25)35(30)31/h2-21H,1H3. The van der Waals surface area contributed by atoms with Crippen LogP contribution in [0, 0.1) is 6.92 Å². The van der Waals surface area contributed by atoms with Gasteiger partial charge < -0.3 is 0 Å². The molecule has 3 heteroatoms. The van der Waals surface area contributed by atoms with Crippen LogP contribution in [0.3, 0.4) is 0 Å². The molecule has 0 nitrogen and oxygen atoms in total. The number of rotatable bonds is 3. The summed E-state index contributed by atoms with van der Waals surface area (Å²) in [6.45, 7) is 1.72. The maximum absolute atomic E-state index is 13.7. The first-order valence-corrected chi connectivity index (χ1v) is 12.9. The van der Waals surface area contributed by atoms with Gasteiger partial charge in [0, 0.05) is 0 Å². The summed E-state index contributed by atoms with van der Waals surface area (Å²) in [6, 6.07) is 39.8. The van der Waals surface area contributed by atoms with Crippen LogP contribution < -0.4 is 0 Å².